The molecule has 0 aromatic rings. The molecule has 0 amide bonds. The van der Waals surface area contributed by atoms with Crippen molar-refractivity contribution in [2.45, 2.75) is 66.3 Å². The molecule has 0 aromatic heterocycles. The molecule has 0 aromatic carbocycles. The molecule has 0 fully saturated rings. The van der Waals surface area contributed by atoms with Crippen LogP contribution < -0.4 is 5.32 Å². The Morgan fingerprint density at radius 1 is 1.00 bits per heavy atom. The second-order valence-electron chi connectivity index (χ2n) is 4.72. The lowest BCUT2D eigenvalue weighted by Gasteiger charge is -2.26. The summed E-state index contributed by atoms with van der Waals surface area (Å²) in [4.78, 5) is 0. The SMILES string of the molecule is CCCNC(CC(CC)CC)C(C)C. The lowest BCUT2D eigenvalue weighted by Crippen LogP contribution is -2.36. The van der Waals surface area contributed by atoms with Gasteiger partial charge in [0.2, 0.25) is 0 Å². The third-order valence-electron chi connectivity index (χ3n) is 3.20. The van der Waals surface area contributed by atoms with Crippen LogP contribution in [0.15, 0.2) is 0 Å². The monoisotopic (exact) mass is 199 g/mol. The van der Waals surface area contributed by atoms with Crippen LogP contribution in [0.1, 0.15) is 60.3 Å². The molecule has 0 heterocycles. The van der Waals surface area contributed by atoms with Crippen LogP contribution in [0, 0.1) is 11.8 Å². The molecular formula is C13H29N. The van der Waals surface area contributed by atoms with Gasteiger partial charge in [-0.15, -0.1) is 0 Å². The Hall–Kier alpha value is -0.0400. The Bertz CT molecular complexity index is 116. The zero-order chi connectivity index (χ0) is 11.0. The first-order valence-corrected chi connectivity index (χ1v) is 6.38. The fourth-order valence-corrected chi connectivity index (χ4v) is 1.90. The van der Waals surface area contributed by atoms with E-state index in [1.54, 1.807) is 0 Å². The molecule has 0 spiro atoms. The summed E-state index contributed by atoms with van der Waals surface area (Å²) in [5.41, 5.74) is 0. The molecule has 1 N–H and O–H groups in total. The predicted molar refractivity (Wildman–Crippen MR) is 65.6 cm³/mol. The van der Waals surface area contributed by atoms with Crippen molar-refractivity contribution in [3.8, 4) is 0 Å². The molecule has 0 aliphatic carbocycles. The van der Waals surface area contributed by atoms with Crippen LogP contribution in [-0.2, 0) is 0 Å². The molecule has 0 aliphatic heterocycles. The van der Waals surface area contributed by atoms with E-state index in [2.05, 4.69) is 39.9 Å². The smallest absolute Gasteiger partial charge is 0.00926 e. The van der Waals surface area contributed by atoms with E-state index >= 15 is 0 Å². The van der Waals surface area contributed by atoms with Crippen molar-refractivity contribution >= 4 is 0 Å². The second kappa shape index (κ2) is 8.28. The zero-order valence-corrected chi connectivity index (χ0v) is 10.8. The number of nitrogens with one attached hydrogen (secondary N) is 1. The van der Waals surface area contributed by atoms with Gasteiger partial charge in [-0.1, -0.05) is 47.5 Å². The predicted octanol–water partition coefficient (Wildman–Crippen LogP) is 3.84. The second-order valence-corrected chi connectivity index (χ2v) is 4.72. The molecule has 0 radical (unpaired) electrons. The fourth-order valence-electron chi connectivity index (χ4n) is 1.90. The summed E-state index contributed by atoms with van der Waals surface area (Å²) >= 11 is 0. The van der Waals surface area contributed by atoms with Gasteiger partial charge in [-0.3, -0.25) is 0 Å². The highest BCUT2D eigenvalue weighted by Crippen LogP contribution is 2.19. The molecule has 0 saturated heterocycles. The third-order valence-corrected chi connectivity index (χ3v) is 3.20. The maximum absolute atomic E-state index is 3.67. The van der Waals surface area contributed by atoms with E-state index in [9.17, 15) is 0 Å². The highest BCUT2D eigenvalue weighted by atomic mass is 14.9. The van der Waals surface area contributed by atoms with Crippen LogP contribution in [-0.4, -0.2) is 12.6 Å². The fraction of sp³-hybridized carbons (Fsp3) is 1.00. The van der Waals surface area contributed by atoms with Gasteiger partial charge in [0.15, 0.2) is 0 Å². The van der Waals surface area contributed by atoms with Gasteiger partial charge in [0.1, 0.15) is 0 Å². The summed E-state index contributed by atoms with van der Waals surface area (Å²) in [7, 11) is 0. The maximum Gasteiger partial charge on any atom is 0.00926 e. The minimum Gasteiger partial charge on any atom is -0.314 e. The van der Waals surface area contributed by atoms with Gasteiger partial charge >= 0.3 is 0 Å². The van der Waals surface area contributed by atoms with Crippen molar-refractivity contribution in [2.75, 3.05) is 6.54 Å². The number of rotatable bonds is 8. The molecule has 1 atom stereocenters. The molecular weight excluding hydrogens is 170 g/mol. The summed E-state index contributed by atoms with van der Waals surface area (Å²) in [6.07, 6.45) is 5.25. The summed E-state index contributed by atoms with van der Waals surface area (Å²) < 4.78 is 0. The van der Waals surface area contributed by atoms with E-state index in [-0.39, 0.29) is 0 Å². The molecule has 86 valence electrons. The molecule has 0 saturated carbocycles. The number of hydrogen-bond acceptors (Lipinski definition) is 1. The van der Waals surface area contributed by atoms with Crippen molar-refractivity contribution in [1.29, 1.82) is 0 Å². The molecule has 1 heteroatoms. The van der Waals surface area contributed by atoms with Gasteiger partial charge < -0.3 is 5.32 Å². The largest absolute Gasteiger partial charge is 0.314 e. The first-order chi connectivity index (χ1) is 6.65. The van der Waals surface area contributed by atoms with E-state index in [0.717, 1.165) is 17.9 Å². The molecule has 0 aliphatic rings. The Kier molecular flexibility index (Phi) is 8.26. The van der Waals surface area contributed by atoms with Gasteiger partial charge in [0, 0.05) is 6.04 Å². The average molecular weight is 199 g/mol. The van der Waals surface area contributed by atoms with Crippen LogP contribution in [0.5, 0.6) is 0 Å². The quantitative estimate of drug-likeness (QED) is 0.626. The van der Waals surface area contributed by atoms with E-state index < -0.39 is 0 Å². The van der Waals surface area contributed by atoms with Gasteiger partial charge in [0.25, 0.3) is 0 Å². The Morgan fingerprint density at radius 2 is 1.57 bits per heavy atom. The highest BCUT2D eigenvalue weighted by molar-refractivity contribution is 4.73. The Balaban J connectivity index is 3.93. The minimum absolute atomic E-state index is 0.722. The third kappa shape index (κ3) is 5.64. The summed E-state index contributed by atoms with van der Waals surface area (Å²) in [6.45, 7) is 12.7. The molecule has 0 bridgehead atoms. The molecule has 1 unspecified atom stereocenters. The lowest BCUT2D eigenvalue weighted by molar-refractivity contribution is 0.308. The van der Waals surface area contributed by atoms with Crippen LogP contribution >= 0.6 is 0 Å². The average Bonchev–Trinajstić information content (AvgIpc) is 2.18. The lowest BCUT2D eigenvalue weighted by atomic mass is 9.89. The first kappa shape index (κ1) is 14.0. The zero-order valence-electron chi connectivity index (χ0n) is 10.8. The van der Waals surface area contributed by atoms with Gasteiger partial charge in [-0.2, -0.15) is 0 Å². The van der Waals surface area contributed by atoms with E-state index in [1.807, 2.05) is 0 Å². The minimum atomic E-state index is 0.722. The first-order valence-electron chi connectivity index (χ1n) is 6.38. The van der Waals surface area contributed by atoms with Crippen molar-refractivity contribution in [2.24, 2.45) is 11.8 Å². The van der Waals surface area contributed by atoms with E-state index in [1.165, 1.54) is 32.2 Å². The number of hydrogen-bond donors (Lipinski definition) is 1. The van der Waals surface area contributed by atoms with Gasteiger partial charge in [-0.05, 0) is 31.2 Å². The molecule has 1 nitrogen and oxygen atoms in total. The van der Waals surface area contributed by atoms with Crippen LogP contribution in [0.4, 0.5) is 0 Å². The van der Waals surface area contributed by atoms with Crippen LogP contribution in [0.25, 0.3) is 0 Å². The highest BCUT2D eigenvalue weighted by Gasteiger charge is 2.16. The van der Waals surface area contributed by atoms with Crippen molar-refractivity contribution < 1.29 is 0 Å². The summed E-state index contributed by atoms with van der Waals surface area (Å²) in [5, 5.41) is 3.67. The van der Waals surface area contributed by atoms with Gasteiger partial charge in [-0.25, -0.2) is 0 Å². The Morgan fingerprint density at radius 3 is 1.93 bits per heavy atom. The van der Waals surface area contributed by atoms with Crippen LogP contribution in [0.2, 0.25) is 0 Å². The maximum atomic E-state index is 3.67. The normalized spacial score (nSPS) is 13.9. The van der Waals surface area contributed by atoms with E-state index in [0.29, 0.717) is 0 Å². The summed E-state index contributed by atoms with van der Waals surface area (Å²) in [5.74, 6) is 1.67. The van der Waals surface area contributed by atoms with Crippen molar-refractivity contribution in [3.05, 3.63) is 0 Å². The standard InChI is InChI=1S/C13H29N/c1-6-9-14-13(11(4)5)10-12(7-2)8-3/h11-14H,6-10H2,1-5H3. The van der Waals surface area contributed by atoms with Crippen molar-refractivity contribution in [3.63, 3.8) is 0 Å². The van der Waals surface area contributed by atoms with Gasteiger partial charge in [0.05, 0.1) is 0 Å². The van der Waals surface area contributed by atoms with E-state index in [4.69, 9.17) is 0 Å². The van der Waals surface area contributed by atoms with Crippen LogP contribution in [0.3, 0.4) is 0 Å². The molecule has 0 rings (SSSR count). The van der Waals surface area contributed by atoms with Crippen molar-refractivity contribution in [1.82, 2.24) is 5.32 Å². The molecule has 14 heavy (non-hydrogen) atoms. The Labute approximate surface area is 90.7 Å². The topological polar surface area (TPSA) is 12.0 Å². The summed E-state index contributed by atoms with van der Waals surface area (Å²) in [6, 6.07) is 0.722.